The minimum Gasteiger partial charge on any atom is -0.398 e. The first-order chi connectivity index (χ1) is 9.24. The van der Waals surface area contributed by atoms with Crippen molar-refractivity contribution in [1.29, 1.82) is 0 Å². The molecule has 96 valence electrons. The lowest BCUT2D eigenvalue weighted by atomic mass is 10.2. The molecule has 0 saturated carbocycles. The molecule has 4 nitrogen and oxygen atoms in total. The molecule has 19 heavy (non-hydrogen) atoms. The number of nitrogens with zero attached hydrogens (tertiary/aromatic N) is 2. The fourth-order valence-electron chi connectivity index (χ4n) is 2.41. The third-order valence-corrected chi connectivity index (χ3v) is 3.42. The van der Waals surface area contributed by atoms with Crippen LogP contribution in [0.5, 0.6) is 0 Å². The maximum atomic E-state index is 12.3. The number of nitrogens with two attached hydrogens (primary N) is 1. The van der Waals surface area contributed by atoms with Gasteiger partial charge in [-0.2, -0.15) is 4.57 Å². The molecule has 2 N–H and O–H groups in total. The summed E-state index contributed by atoms with van der Waals surface area (Å²) in [7, 11) is 0. The minimum absolute atomic E-state index is 0.111. The summed E-state index contributed by atoms with van der Waals surface area (Å²) in [5.41, 5.74) is 8.63. The van der Waals surface area contributed by atoms with Gasteiger partial charge in [0.05, 0.1) is 0 Å². The van der Waals surface area contributed by atoms with Crippen molar-refractivity contribution in [2.45, 2.75) is 13.0 Å². The Balaban J connectivity index is 1.77. The smallest absolute Gasteiger partial charge is 0.292 e. The minimum atomic E-state index is 0.111. The van der Waals surface area contributed by atoms with Gasteiger partial charge in [0.15, 0.2) is 12.4 Å². The van der Waals surface area contributed by atoms with Crippen LogP contribution in [0.2, 0.25) is 0 Å². The third-order valence-electron chi connectivity index (χ3n) is 3.42. The summed E-state index contributed by atoms with van der Waals surface area (Å²) in [5.74, 6) is 0.111. The van der Waals surface area contributed by atoms with Gasteiger partial charge in [-0.3, -0.25) is 4.79 Å². The summed E-state index contributed by atoms with van der Waals surface area (Å²) in [5, 5.41) is 0. The van der Waals surface area contributed by atoms with Gasteiger partial charge in [0.1, 0.15) is 0 Å². The fourth-order valence-corrected chi connectivity index (χ4v) is 2.41. The van der Waals surface area contributed by atoms with E-state index in [4.69, 9.17) is 5.73 Å². The third kappa shape index (κ3) is 2.29. The lowest BCUT2D eigenvalue weighted by molar-refractivity contribution is -0.684. The van der Waals surface area contributed by atoms with E-state index in [9.17, 15) is 4.79 Å². The van der Waals surface area contributed by atoms with Gasteiger partial charge >= 0.3 is 0 Å². The number of fused-ring (bicyclic) bond motifs is 1. The molecule has 1 aliphatic heterocycles. The van der Waals surface area contributed by atoms with Crippen molar-refractivity contribution in [1.82, 2.24) is 0 Å². The number of rotatable bonds is 2. The van der Waals surface area contributed by atoms with Gasteiger partial charge in [-0.1, -0.05) is 18.2 Å². The highest BCUT2D eigenvalue weighted by Crippen LogP contribution is 2.27. The number of nitrogen functional groups attached to an aromatic ring is 1. The maximum Gasteiger partial charge on any atom is 0.292 e. The van der Waals surface area contributed by atoms with Crippen LogP contribution in [0.3, 0.4) is 0 Å². The maximum absolute atomic E-state index is 12.3. The largest absolute Gasteiger partial charge is 0.398 e. The van der Waals surface area contributed by atoms with Gasteiger partial charge in [-0.15, -0.1) is 0 Å². The van der Waals surface area contributed by atoms with Crippen molar-refractivity contribution >= 4 is 17.3 Å². The summed E-state index contributed by atoms with van der Waals surface area (Å²) in [6.07, 6.45) is 4.60. The van der Waals surface area contributed by atoms with E-state index in [-0.39, 0.29) is 5.91 Å². The molecule has 3 rings (SSSR count). The number of amides is 1. The molecule has 1 aliphatic rings. The molecule has 0 spiro atoms. The van der Waals surface area contributed by atoms with Gasteiger partial charge in [-0.25, -0.2) is 0 Å². The number of carbonyl (C=O) groups excluding carboxylic acids is 1. The molecule has 1 amide bonds. The number of para-hydroxylation sites is 1. The lowest BCUT2D eigenvalue weighted by Gasteiger charge is -2.15. The van der Waals surface area contributed by atoms with Gasteiger partial charge in [0.2, 0.25) is 6.54 Å². The Bertz CT molecular complexity index is 607. The second-order valence-corrected chi connectivity index (χ2v) is 4.73. The van der Waals surface area contributed by atoms with Crippen molar-refractivity contribution < 1.29 is 9.36 Å². The Labute approximate surface area is 112 Å². The number of aromatic nitrogens is 1. The average Bonchev–Trinajstić information content (AvgIpc) is 2.85. The van der Waals surface area contributed by atoms with Gasteiger partial charge in [0.25, 0.3) is 5.91 Å². The highest BCUT2D eigenvalue weighted by molar-refractivity contribution is 5.94. The van der Waals surface area contributed by atoms with Crippen LogP contribution in [0.25, 0.3) is 0 Å². The van der Waals surface area contributed by atoms with E-state index >= 15 is 0 Å². The summed E-state index contributed by atoms with van der Waals surface area (Å²) in [6, 6.07) is 11.7. The molecule has 1 aromatic heterocycles. The Morgan fingerprint density at radius 3 is 2.74 bits per heavy atom. The first-order valence-corrected chi connectivity index (χ1v) is 6.37. The standard InChI is InChI=1S/C15H15N3O/c16-13-6-8-17(9-7-13)11-15(19)18-10-5-12-3-1-2-4-14(12)18/h1-4,6-9,16H,5,10-11H2/p+1. The Kier molecular flexibility index (Phi) is 2.91. The zero-order chi connectivity index (χ0) is 13.2. The molecular weight excluding hydrogens is 238 g/mol. The van der Waals surface area contributed by atoms with Crippen molar-refractivity contribution in [3.8, 4) is 0 Å². The highest BCUT2D eigenvalue weighted by Gasteiger charge is 2.26. The van der Waals surface area contributed by atoms with Crippen molar-refractivity contribution in [2.75, 3.05) is 17.2 Å². The SMILES string of the molecule is Nc1cc[n+](CC(=O)N2CCc3ccccc32)cc1. The van der Waals surface area contributed by atoms with E-state index in [1.807, 2.05) is 40.1 Å². The summed E-state index contributed by atoms with van der Waals surface area (Å²) in [6.45, 7) is 1.11. The van der Waals surface area contributed by atoms with Gasteiger partial charge in [-0.05, 0) is 18.1 Å². The molecular formula is C15H16N3O+. The van der Waals surface area contributed by atoms with E-state index in [0.717, 1.165) is 18.7 Å². The van der Waals surface area contributed by atoms with Crippen LogP contribution >= 0.6 is 0 Å². The summed E-state index contributed by atoms with van der Waals surface area (Å²) in [4.78, 5) is 14.2. The molecule has 2 heterocycles. The van der Waals surface area contributed by atoms with E-state index in [1.54, 1.807) is 12.1 Å². The molecule has 0 saturated heterocycles. The van der Waals surface area contributed by atoms with Crippen LogP contribution in [0, 0.1) is 0 Å². The highest BCUT2D eigenvalue weighted by atomic mass is 16.2. The molecule has 0 atom stereocenters. The lowest BCUT2D eigenvalue weighted by Crippen LogP contribution is -2.44. The molecule has 1 aromatic carbocycles. The average molecular weight is 254 g/mol. The van der Waals surface area contributed by atoms with Crippen LogP contribution in [-0.4, -0.2) is 12.5 Å². The molecule has 0 bridgehead atoms. The topological polar surface area (TPSA) is 50.2 Å². The summed E-state index contributed by atoms with van der Waals surface area (Å²) >= 11 is 0. The number of hydrogen-bond donors (Lipinski definition) is 1. The normalized spacial score (nSPS) is 13.4. The van der Waals surface area contributed by atoms with Crippen molar-refractivity contribution in [3.05, 3.63) is 54.4 Å². The van der Waals surface area contributed by atoms with Crippen molar-refractivity contribution in [2.24, 2.45) is 0 Å². The number of benzene rings is 1. The Morgan fingerprint density at radius 1 is 1.21 bits per heavy atom. The molecule has 0 fully saturated rings. The zero-order valence-corrected chi connectivity index (χ0v) is 10.6. The summed E-state index contributed by atoms with van der Waals surface area (Å²) < 4.78 is 1.85. The van der Waals surface area contributed by atoms with Crippen LogP contribution in [0.15, 0.2) is 48.8 Å². The molecule has 4 heteroatoms. The predicted octanol–water partition coefficient (Wildman–Crippen LogP) is 1.15. The molecule has 0 aliphatic carbocycles. The second kappa shape index (κ2) is 4.72. The van der Waals surface area contributed by atoms with Crippen LogP contribution in [-0.2, 0) is 17.8 Å². The fraction of sp³-hybridized carbons (Fsp3) is 0.200. The molecule has 0 unspecified atom stereocenters. The molecule has 0 radical (unpaired) electrons. The van der Waals surface area contributed by atoms with E-state index in [2.05, 4.69) is 6.07 Å². The van der Waals surface area contributed by atoms with E-state index in [1.165, 1.54) is 5.56 Å². The zero-order valence-electron chi connectivity index (χ0n) is 10.6. The predicted molar refractivity (Wildman–Crippen MR) is 73.5 cm³/mol. The van der Waals surface area contributed by atoms with Gasteiger partial charge in [0, 0.05) is 30.1 Å². The monoisotopic (exact) mass is 254 g/mol. The number of pyridine rings is 1. The number of carbonyl (C=O) groups is 1. The van der Waals surface area contributed by atoms with Crippen molar-refractivity contribution in [3.63, 3.8) is 0 Å². The number of anilines is 2. The Morgan fingerprint density at radius 2 is 1.95 bits per heavy atom. The van der Waals surface area contributed by atoms with Crippen LogP contribution in [0.4, 0.5) is 11.4 Å². The van der Waals surface area contributed by atoms with Crippen LogP contribution < -0.4 is 15.2 Å². The first kappa shape index (κ1) is 11.7. The van der Waals surface area contributed by atoms with E-state index < -0.39 is 0 Å². The Hall–Kier alpha value is -2.36. The quantitative estimate of drug-likeness (QED) is 0.817. The van der Waals surface area contributed by atoms with E-state index in [0.29, 0.717) is 12.2 Å². The first-order valence-electron chi connectivity index (χ1n) is 6.37. The van der Waals surface area contributed by atoms with Gasteiger partial charge < -0.3 is 10.6 Å². The number of hydrogen-bond acceptors (Lipinski definition) is 2. The molecule has 2 aromatic rings. The van der Waals surface area contributed by atoms with Crippen LogP contribution in [0.1, 0.15) is 5.56 Å². The second-order valence-electron chi connectivity index (χ2n) is 4.73.